The molecular formula is C15H20N2O2. The first-order valence-electron chi connectivity index (χ1n) is 6.85. The van der Waals surface area contributed by atoms with E-state index >= 15 is 0 Å². The third-order valence-electron chi connectivity index (χ3n) is 3.69. The van der Waals surface area contributed by atoms with Crippen LogP contribution in [0.1, 0.15) is 48.9 Å². The van der Waals surface area contributed by atoms with E-state index in [-0.39, 0.29) is 5.91 Å². The molecule has 0 radical (unpaired) electrons. The van der Waals surface area contributed by atoms with Gasteiger partial charge in [-0.3, -0.25) is 9.59 Å². The van der Waals surface area contributed by atoms with Gasteiger partial charge < -0.3 is 11.1 Å². The number of primary amides is 1. The maximum atomic E-state index is 11.8. The van der Waals surface area contributed by atoms with Crippen molar-refractivity contribution in [1.82, 2.24) is 0 Å². The van der Waals surface area contributed by atoms with Crippen LogP contribution < -0.4 is 11.1 Å². The maximum Gasteiger partial charge on any atom is 0.248 e. The summed E-state index contributed by atoms with van der Waals surface area (Å²) in [5, 5.41) is 2.81. The minimum Gasteiger partial charge on any atom is -0.366 e. The van der Waals surface area contributed by atoms with Gasteiger partial charge in [-0.2, -0.15) is 0 Å². The second-order valence-electron chi connectivity index (χ2n) is 5.18. The van der Waals surface area contributed by atoms with E-state index in [0.29, 0.717) is 23.6 Å². The smallest absolute Gasteiger partial charge is 0.248 e. The van der Waals surface area contributed by atoms with Crippen molar-refractivity contribution in [3.05, 3.63) is 29.8 Å². The van der Waals surface area contributed by atoms with Crippen LogP contribution in [0.4, 0.5) is 5.69 Å². The lowest BCUT2D eigenvalue weighted by molar-refractivity contribution is -0.116. The summed E-state index contributed by atoms with van der Waals surface area (Å²) in [6.07, 6.45) is 6.61. The first kappa shape index (κ1) is 13.6. The highest BCUT2D eigenvalue weighted by Crippen LogP contribution is 2.28. The molecule has 0 atom stereocenters. The SMILES string of the molecule is NC(=O)c1cccc(NC(=O)CCC2CCCC2)c1. The molecule has 1 aliphatic carbocycles. The number of rotatable bonds is 5. The summed E-state index contributed by atoms with van der Waals surface area (Å²) in [4.78, 5) is 22.9. The van der Waals surface area contributed by atoms with Crippen molar-refractivity contribution < 1.29 is 9.59 Å². The molecule has 19 heavy (non-hydrogen) atoms. The lowest BCUT2D eigenvalue weighted by Gasteiger charge is -2.09. The highest BCUT2D eigenvalue weighted by Gasteiger charge is 2.16. The Labute approximate surface area is 113 Å². The Bertz CT molecular complexity index is 465. The van der Waals surface area contributed by atoms with Crippen LogP contribution in [0, 0.1) is 5.92 Å². The van der Waals surface area contributed by atoms with E-state index in [1.807, 2.05) is 0 Å². The molecule has 0 heterocycles. The van der Waals surface area contributed by atoms with Gasteiger partial charge >= 0.3 is 0 Å². The number of carbonyl (C=O) groups excluding carboxylic acids is 2. The van der Waals surface area contributed by atoms with Gasteiger partial charge in [-0.05, 0) is 30.5 Å². The molecule has 4 nitrogen and oxygen atoms in total. The zero-order chi connectivity index (χ0) is 13.7. The molecule has 0 saturated heterocycles. The largest absolute Gasteiger partial charge is 0.366 e. The molecule has 2 amide bonds. The number of carbonyl (C=O) groups is 2. The van der Waals surface area contributed by atoms with Gasteiger partial charge in [-0.15, -0.1) is 0 Å². The summed E-state index contributed by atoms with van der Waals surface area (Å²) < 4.78 is 0. The fourth-order valence-electron chi connectivity index (χ4n) is 2.61. The molecule has 0 spiro atoms. The van der Waals surface area contributed by atoms with Gasteiger partial charge in [0.2, 0.25) is 11.8 Å². The Morgan fingerprint density at radius 2 is 2.00 bits per heavy atom. The van der Waals surface area contributed by atoms with Crippen molar-refractivity contribution in [2.24, 2.45) is 11.7 Å². The number of amides is 2. The molecular weight excluding hydrogens is 240 g/mol. The highest BCUT2D eigenvalue weighted by molar-refractivity contribution is 5.96. The van der Waals surface area contributed by atoms with Crippen molar-refractivity contribution in [3.63, 3.8) is 0 Å². The van der Waals surface area contributed by atoms with Crippen LogP contribution in [-0.2, 0) is 4.79 Å². The van der Waals surface area contributed by atoms with Gasteiger partial charge in [-0.1, -0.05) is 31.7 Å². The van der Waals surface area contributed by atoms with Crippen LogP contribution in [0.3, 0.4) is 0 Å². The van der Waals surface area contributed by atoms with Crippen molar-refractivity contribution in [2.75, 3.05) is 5.32 Å². The van der Waals surface area contributed by atoms with Crippen molar-refractivity contribution in [2.45, 2.75) is 38.5 Å². The van der Waals surface area contributed by atoms with Gasteiger partial charge in [0.1, 0.15) is 0 Å². The summed E-state index contributed by atoms with van der Waals surface area (Å²) >= 11 is 0. The Hall–Kier alpha value is -1.84. The molecule has 2 rings (SSSR count). The van der Waals surface area contributed by atoms with Crippen LogP contribution in [0.2, 0.25) is 0 Å². The summed E-state index contributed by atoms with van der Waals surface area (Å²) in [5.41, 5.74) is 6.25. The monoisotopic (exact) mass is 260 g/mol. The van der Waals surface area contributed by atoms with E-state index in [1.54, 1.807) is 24.3 Å². The van der Waals surface area contributed by atoms with E-state index in [4.69, 9.17) is 5.73 Å². The molecule has 0 aliphatic heterocycles. The molecule has 1 aromatic carbocycles. The topological polar surface area (TPSA) is 72.2 Å². The molecule has 102 valence electrons. The number of nitrogens with one attached hydrogen (secondary N) is 1. The zero-order valence-electron chi connectivity index (χ0n) is 11.0. The molecule has 1 saturated carbocycles. The molecule has 4 heteroatoms. The van der Waals surface area contributed by atoms with Crippen LogP contribution in [0.15, 0.2) is 24.3 Å². The first-order chi connectivity index (χ1) is 9.15. The fraction of sp³-hybridized carbons (Fsp3) is 0.467. The summed E-state index contributed by atoms with van der Waals surface area (Å²) in [6.45, 7) is 0. The van der Waals surface area contributed by atoms with Crippen molar-refractivity contribution in [1.29, 1.82) is 0 Å². The lowest BCUT2D eigenvalue weighted by atomic mass is 10.0. The van der Waals surface area contributed by atoms with E-state index in [9.17, 15) is 9.59 Å². The van der Waals surface area contributed by atoms with E-state index in [2.05, 4.69) is 5.32 Å². The number of hydrogen-bond acceptors (Lipinski definition) is 2. The van der Waals surface area contributed by atoms with Gasteiger partial charge in [0.15, 0.2) is 0 Å². The van der Waals surface area contributed by atoms with Crippen LogP contribution >= 0.6 is 0 Å². The Balaban J connectivity index is 1.84. The highest BCUT2D eigenvalue weighted by atomic mass is 16.2. The first-order valence-corrected chi connectivity index (χ1v) is 6.85. The summed E-state index contributed by atoms with van der Waals surface area (Å²) in [6, 6.07) is 6.72. The lowest BCUT2D eigenvalue weighted by Crippen LogP contribution is -2.14. The second kappa shape index (κ2) is 6.36. The quantitative estimate of drug-likeness (QED) is 0.854. The number of hydrogen-bond donors (Lipinski definition) is 2. The van der Waals surface area contributed by atoms with Gasteiger partial charge in [0, 0.05) is 17.7 Å². The molecule has 0 unspecified atom stereocenters. The van der Waals surface area contributed by atoms with Crippen LogP contribution in [0.25, 0.3) is 0 Å². The Morgan fingerprint density at radius 3 is 2.68 bits per heavy atom. The third-order valence-corrected chi connectivity index (χ3v) is 3.69. The standard InChI is InChI=1S/C15H20N2O2/c16-15(19)12-6-3-7-13(10-12)17-14(18)9-8-11-4-1-2-5-11/h3,6-7,10-11H,1-2,4-5,8-9H2,(H2,16,19)(H,17,18). The predicted octanol–water partition coefficient (Wildman–Crippen LogP) is 2.69. The van der Waals surface area contributed by atoms with Crippen LogP contribution in [-0.4, -0.2) is 11.8 Å². The van der Waals surface area contributed by atoms with Gasteiger partial charge in [0.05, 0.1) is 0 Å². The predicted molar refractivity (Wildman–Crippen MR) is 74.8 cm³/mol. The summed E-state index contributed by atoms with van der Waals surface area (Å²) in [7, 11) is 0. The normalized spacial score (nSPS) is 15.4. The molecule has 1 aliphatic rings. The van der Waals surface area contributed by atoms with Crippen LogP contribution in [0.5, 0.6) is 0 Å². The molecule has 0 aromatic heterocycles. The maximum absolute atomic E-state index is 11.8. The number of benzene rings is 1. The number of nitrogens with two attached hydrogens (primary N) is 1. The molecule has 1 aromatic rings. The third kappa shape index (κ3) is 4.09. The minimum atomic E-state index is -0.484. The fourth-order valence-corrected chi connectivity index (χ4v) is 2.61. The summed E-state index contributed by atoms with van der Waals surface area (Å²) in [5.74, 6) is 0.235. The van der Waals surface area contributed by atoms with Crippen molar-refractivity contribution >= 4 is 17.5 Å². The minimum absolute atomic E-state index is 0.00789. The molecule has 1 fully saturated rings. The van der Waals surface area contributed by atoms with E-state index in [1.165, 1.54) is 25.7 Å². The zero-order valence-corrected chi connectivity index (χ0v) is 11.0. The number of anilines is 1. The van der Waals surface area contributed by atoms with Gasteiger partial charge in [-0.25, -0.2) is 0 Å². The van der Waals surface area contributed by atoms with E-state index < -0.39 is 5.91 Å². The second-order valence-corrected chi connectivity index (χ2v) is 5.18. The molecule has 0 bridgehead atoms. The molecule has 3 N–H and O–H groups in total. The van der Waals surface area contributed by atoms with Crippen molar-refractivity contribution in [3.8, 4) is 0 Å². The average Bonchev–Trinajstić information content (AvgIpc) is 2.90. The van der Waals surface area contributed by atoms with E-state index in [0.717, 1.165) is 6.42 Å². The Kier molecular flexibility index (Phi) is 4.55. The van der Waals surface area contributed by atoms with Gasteiger partial charge in [0.25, 0.3) is 0 Å². The Morgan fingerprint density at radius 1 is 1.26 bits per heavy atom. The average molecular weight is 260 g/mol.